The van der Waals surface area contributed by atoms with Gasteiger partial charge in [-0.3, -0.25) is 9.59 Å². The minimum Gasteiger partial charge on any atom is -0.350 e. The molecule has 0 unspecified atom stereocenters. The highest BCUT2D eigenvalue weighted by atomic mass is 16.5. The maximum Gasteiger partial charge on any atom is 0.262 e. The Morgan fingerprint density at radius 3 is 2.55 bits per heavy atom. The third-order valence-electron chi connectivity index (χ3n) is 4.79. The number of nitrogens with zero attached hydrogens (tertiary/aromatic N) is 3. The molecule has 0 aliphatic carbocycles. The number of carbonyl (C=O) groups excluding carboxylic acids is 1. The number of amides is 1. The SMILES string of the molecule is Cc1ccc(-c2noc(CCC(=O)N[C@H](C)c3ccccc3)n2)c(=O)n1C(C)C. The highest BCUT2D eigenvalue weighted by Crippen LogP contribution is 2.16. The smallest absolute Gasteiger partial charge is 0.262 e. The van der Waals surface area contributed by atoms with Crippen LogP contribution in [0, 0.1) is 6.92 Å². The van der Waals surface area contributed by atoms with Gasteiger partial charge in [-0.05, 0) is 45.4 Å². The number of aromatic nitrogens is 3. The molecular weight excluding hydrogens is 368 g/mol. The molecule has 0 saturated heterocycles. The molecule has 7 heteroatoms. The van der Waals surface area contributed by atoms with Crippen LogP contribution in [-0.2, 0) is 11.2 Å². The monoisotopic (exact) mass is 394 g/mol. The van der Waals surface area contributed by atoms with E-state index in [1.54, 1.807) is 10.6 Å². The molecule has 0 aliphatic rings. The van der Waals surface area contributed by atoms with Crippen LogP contribution in [0.15, 0.2) is 51.8 Å². The maximum atomic E-state index is 12.7. The summed E-state index contributed by atoms with van der Waals surface area (Å²) in [6.07, 6.45) is 0.535. The molecule has 3 rings (SSSR count). The summed E-state index contributed by atoms with van der Waals surface area (Å²) in [5.41, 5.74) is 2.16. The van der Waals surface area contributed by atoms with E-state index in [-0.39, 0.29) is 35.8 Å². The molecule has 0 aliphatic heterocycles. The zero-order valence-electron chi connectivity index (χ0n) is 17.2. The summed E-state index contributed by atoms with van der Waals surface area (Å²) < 4.78 is 6.95. The summed E-state index contributed by atoms with van der Waals surface area (Å²) in [5, 5.41) is 6.89. The van der Waals surface area contributed by atoms with Gasteiger partial charge < -0.3 is 14.4 Å². The van der Waals surface area contributed by atoms with Crippen LogP contribution >= 0.6 is 0 Å². The normalized spacial score (nSPS) is 12.2. The second kappa shape index (κ2) is 8.86. The number of pyridine rings is 1. The van der Waals surface area contributed by atoms with Gasteiger partial charge in [0, 0.05) is 24.6 Å². The Balaban J connectivity index is 1.65. The molecule has 2 aromatic heterocycles. The zero-order valence-corrected chi connectivity index (χ0v) is 17.2. The first-order chi connectivity index (χ1) is 13.9. The van der Waals surface area contributed by atoms with Crippen LogP contribution in [0.5, 0.6) is 0 Å². The van der Waals surface area contributed by atoms with Gasteiger partial charge in [0.25, 0.3) is 5.56 Å². The maximum absolute atomic E-state index is 12.7. The molecule has 1 aromatic carbocycles. The summed E-state index contributed by atoms with van der Waals surface area (Å²) >= 11 is 0. The molecular formula is C22H26N4O3. The molecule has 7 nitrogen and oxygen atoms in total. The lowest BCUT2D eigenvalue weighted by Crippen LogP contribution is -2.26. The minimum absolute atomic E-state index is 0.0316. The van der Waals surface area contributed by atoms with Crippen LogP contribution in [0.1, 0.15) is 56.4 Å². The number of carbonyl (C=O) groups is 1. The van der Waals surface area contributed by atoms with Crippen LogP contribution in [-0.4, -0.2) is 20.6 Å². The number of hydrogen-bond acceptors (Lipinski definition) is 5. The summed E-state index contributed by atoms with van der Waals surface area (Å²) in [5.74, 6) is 0.481. The molecule has 1 N–H and O–H groups in total. The molecule has 29 heavy (non-hydrogen) atoms. The molecule has 0 fully saturated rings. The Morgan fingerprint density at radius 2 is 1.86 bits per heavy atom. The summed E-state index contributed by atoms with van der Waals surface area (Å²) in [7, 11) is 0. The fraction of sp³-hybridized carbons (Fsp3) is 0.364. The molecule has 3 aromatic rings. The second-order valence-electron chi connectivity index (χ2n) is 7.37. The average Bonchev–Trinajstić information content (AvgIpc) is 3.15. The molecule has 1 atom stereocenters. The van der Waals surface area contributed by atoms with Crippen molar-refractivity contribution in [2.45, 2.75) is 52.6 Å². The topological polar surface area (TPSA) is 90.0 Å². The Kier molecular flexibility index (Phi) is 6.26. The van der Waals surface area contributed by atoms with Crippen molar-refractivity contribution in [3.05, 3.63) is 70.0 Å². The van der Waals surface area contributed by atoms with E-state index < -0.39 is 0 Å². The lowest BCUT2D eigenvalue weighted by molar-refractivity contribution is -0.121. The van der Waals surface area contributed by atoms with Crippen molar-refractivity contribution < 1.29 is 9.32 Å². The lowest BCUT2D eigenvalue weighted by Gasteiger charge is -2.14. The number of benzene rings is 1. The highest BCUT2D eigenvalue weighted by Gasteiger charge is 2.17. The lowest BCUT2D eigenvalue weighted by atomic mass is 10.1. The summed E-state index contributed by atoms with van der Waals surface area (Å²) in [4.78, 5) is 29.3. The number of nitrogens with one attached hydrogen (secondary N) is 1. The minimum atomic E-state index is -0.151. The fourth-order valence-electron chi connectivity index (χ4n) is 3.28. The second-order valence-corrected chi connectivity index (χ2v) is 7.37. The van der Waals surface area contributed by atoms with Crippen molar-refractivity contribution in [1.82, 2.24) is 20.0 Å². The Labute approximate surface area is 169 Å². The van der Waals surface area contributed by atoms with Gasteiger partial charge in [0.1, 0.15) is 0 Å². The van der Waals surface area contributed by atoms with Gasteiger partial charge in [-0.1, -0.05) is 35.5 Å². The van der Waals surface area contributed by atoms with Crippen LogP contribution in [0.25, 0.3) is 11.4 Å². The summed E-state index contributed by atoms with van der Waals surface area (Å²) in [6.45, 7) is 7.74. The van der Waals surface area contributed by atoms with Crippen molar-refractivity contribution >= 4 is 5.91 Å². The largest absolute Gasteiger partial charge is 0.350 e. The van der Waals surface area contributed by atoms with E-state index in [4.69, 9.17) is 4.52 Å². The predicted octanol–water partition coefficient (Wildman–Crippen LogP) is 3.60. The average molecular weight is 394 g/mol. The molecule has 1 amide bonds. The number of rotatable bonds is 7. The van der Waals surface area contributed by atoms with E-state index in [0.29, 0.717) is 17.9 Å². The molecule has 0 radical (unpaired) electrons. The molecule has 152 valence electrons. The van der Waals surface area contributed by atoms with E-state index in [0.717, 1.165) is 11.3 Å². The fourth-order valence-corrected chi connectivity index (χ4v) is 3.28. The molecule has 0 spiro atoms. The van der Waals surface area contributed by atoms with Crippen LogP contribution in [0.4, 0.5) is 0 Å². The van der Waals surface area contributed by atoms with E-state index in [1.165, 1.54) is 0 Å². The quantitative estimate of drug-likeness (QED) is 0.661. The zero-order chi connectivity index (χ0) is 21.0. The van der Waals surface area contributed by atoms with Crippen molar-refractivity contribution in [1.29, 1.82) is 0 Å². The van der Waals surface area contributed by atoms with E-state index in [9.17, 15) is 9.59 Å². The van der Waals surface area contributed by atoms with Crippen LogP contribution in [0.3, 0.4) is 0 Å². The first-order valence-electron chi connectivity index (χ1n) is 9.76. The van der Waals surface area contributed by atoms with Gasteiger partial charge in [-0.25, -0.2) is 0 Å². The first-order valence-corrected chi connectivity index (χ1v) is 9.76. The number of hydrogen-bond donors (Lipinski definition) is 1. The summed E-state index contributed by atoms with van der Waals surface area (Å²) in [6, 6.07) is 13.3. The molecule has 0 bridgehead atoms. The molecule has 2 heterocycles. The highest BCUT2D eigenvalue weighted by molar-refractivity contribution is 5.76. The van der Waals surface area contributed by atoms with Crippen molar-refractivity contribution in [3.8, 4) is 11.4 Å². The standard InChI is InChI=1S/C22H26N4O3/c1-14(2)26-15(3)10-11-18(22(26)28)21-24-20(29-25-21)13-12-19(27)23-16(4)17-8-6-5-7-9-17/h5-11,14,16H,12-13H2,1-4H3,(H,23,27)/t16-/m1/s1. The van der Waals surface area contributed by atoms with Gasteiger partial charge in [0.05, 0.1) is 11.6 Å². The van der Waals surface area contributed by atoms with E-state index in [1.807, 2.05) is 64.1 Å². The van der Waals surface area contributed by atoms with Crippen LogP contribution < -0.4 is 10.9 Å². The third kappa shape index (κ3) is 4.80. The Morgan fingerprint density at radius 1 is 1.14 bits per heavy atom. The third-order valence-corrected chi connectivity index (χ3v) is 4.79. The van der Waals surface area contributed by atoms with Crippen molar-refractivity contribution in [2.75, 3.05) is 0 Å². The van der Waals surface area contributed by atoms with Gasteiger partial charge in [0.15, 0.2) is 0 Å². The van der Waals surface area contributed by atoms with Gasteiger partial charge in [-0.15, -0.1) is 0 Å². The first kappa shape index (κ1) is 20.5. The predicted molar refractivity (Wildman–Crippen MR) is 110 cm³/mol. The van der Waals surface area contributed by atoms with E-state index >= 15 is 0 Å². The van der Waals surface area contributed by atoms with Crippen molar-refractivity contribution in [3.63, 3.8) is 0 Å². The van der Waals surface area contributed by atoms with E-state index in [2.05, 4.69) is 15.5 Å². The molecule has 0 saturated carbocycles. The Bertz CT molecular complexity index is 1040. The van der Waals surface area contributed by atoms with Crippen molar-refractivity contribution in [2.24, 2.45) is 0 Å². The van der Waals surface area contributed by atoms with Gasteiger partial charge in [0.2, 0.25) is 17.6 Å². The van der Waals surface area contributed by atoms with Crippen LogP contribution in [0.2, 0.25) is 0 Å². The Hall–Kier alpha value is -3.22. The number of aryl methyl sites for hydroxylation is 2. The van der Waals surface area contributed by atoms with Gasteiger partial charge >= 0.3 is 0 Å². The van der Waals surface area contributed by atoms with Gasteiger partial charge in [-0.2, -0.15) is 4.98 Å².